The number of nitro groups is 1. The Hall–Kier alpha value is -2.84. The molecule has 0 aliphatic carbocycles. The Bertz CT molecular complexity index is 699. The molecule has 9 heteroatoms. The topological polar surface area (TPSA) is 109 Å². The fourth-order valence-electron chi connectivity index (χ4n) is 2.98. The first-order valence-corrected chi connectivity index (χ1v) is 10.2. The Morgan fingerprint density at radius 1 is 1.31 bits per heavy atom. The maximum absolute atomic E-state index is 11.8. The maximum Gasteiger partial charge on any atom is 0.409 e. The second kappa shape index (κ2) is 11.2. The average molecular weight is 405 g/mol. The Morgan fingerprint density at radius 3 is 2.52 bits per heavy atom. The lowest BCUT2D eigenvalue weighted by Crippen LogP contribution is -2.51. The molecule has 1 heterocycles. The Kier molecular flexibility index (Phi) is 8.69. The van der Waals surface area contributed by atoms with Gasteiger partial charge in [-0.15, -0.1) is 0 Å². The van der Waals surface area contributed by atoms with Crippen molar-refractivity contribution in [2.24, 2.45) is 4.99 Å². The van der Waals surface area contributed by atoms with Gasteiger partial charge in [0.15, 0.2) is 5.96 Å². The molecule has 29 heavy (non-hydrogen) atoms. The molecule has 160 valence electrons. The van der Waals surface area contributed by atoms with E-state index in [1.54, 1.807) is 24.0 Å². The van der Waals surface area contributed by atoms with Gasteiger partial charge in [-0.3, -0.25) is 10.1 Å². The molecule has 1 unspecified atom stereocenters. The van der Waals surface area contributed by atoms with Crippen molar-refractivity contribution in [1.82, 2.24) is 15.5 Å². The lowest BCUT2D eigenvalue weighted by Gasteiger charge is -2.32. The summed E-state index contributed by atoms with van der Waals surface area (Å²) in [6.07, 6.45) is 2.34. The number of likely N-dealkylation sites (tertiary alicyclic amines) is 1. The molecule has 0 aromatic heterocycles. The molecule has 0 radical (unpaired) electrons. The molecule has 2 N–H and O–H groups in total. The second-order valence-corrected chi connectivity index (χ2v) is 7.15. The third-order valence-electron chi connectivity index (χ3n) is 4.92. The molecular weight excluding hydrogens is 374 g/mol. The van der Waals surface area contributed by atoms with Crippen LogP contribution in [0.2, 0.25) is 0 Å². The number of carbonyl (C=O) groups is 1. The molecular formula is C20H31N5O4. The number of benzene rings is 1. The normalized spacial score (nSPS) is 16.2. The Labute approximate surface area is 171 Å². The number of piperidine rings is 1. The third-order valence-corrected chi connectivity index (χ3v) is 4.92. The number of nitrogens with one attached hydrogen (secondary N) is 2. The van der Waals surface area contributed by atoms with Crippen LogP contribution < -0.4 is 10.6 Å². The lowest BCUT2D eigenvalue weighted by molar-refractivity contribution is -0.384. The predicted octanol–water partition coefficient (Wildman–Crippen LogP) is 3.05. The number of ether oxygens (including phenoxy) is 1. The minimum Gasteiger partial charge on any atom is -0.450 e. The van der Waals surface area contributed by atoms with Gasteiger partial charge in [0.25, 0.3) is 5.69 Å². The summed E-state index contributed by atoms with van der Waals surface area (Å²) < 4.78 is 5.06. The Morgan fingerprint density at radius 2 is 1.97 bits per heavy atom. The molecule has 1 atom stereocenters. The second-order valence-electron chi connectivity index (χ2n) is 7.15. The van der Waals surface area contributed by atoms with Crippen LogP contribution in [-0.4, -0.2) is 53.7 Å². The van der Waals surface area contributed by atoms with Crippen molar-refractivity contribution < 1.29 is 14.5 Å². The maximum atomic E-state index is 11.8. The summed E-state index contributed by atoms with van der Waals surface area (Å²) >= 11 is 0. The van der Waals surface area contributed by atoms with E-state index in [9.17, 15) is 14.9 Å². The van der Waals surface area contributed by atoms with Gasteiger partial charge in [-0.2, -0.15) is 0 Å². The summed E-state index contributed by atoms with van der Waals surface area (Å²) in [6.45, 7) is 8.10. The summed E-state index contributed by atoms with van der Waals surface area (Å²) in [4.78, 5) is 28.6. The van der Waals surface area contributed by atoms with Gasteiger partial charge in [0, 0.05) is 37.3 Å². The van der Waals surface area contributed by atoms with E-state index in [4.69, 9.17) is 4.74 Å². The standard InChI is InChI=1S/C20H31N5O4/c1-4-15(3)22-19(21-14-16-6-8-18(9-7-16)25(27)28)23-17-10-12-24(13-11-17)20(26)29-5-2/h6-9,15,17H,4-5,10-14H2,1-3H3,(H2,21,22,23). The summed E-state index contributed by atoms with van der Waals surface area (Å²) in [5.74, 6) is 0.715. The Balaban J connectivity index is 1.96. The number of nitro benzene ring substituents is 1. The van der Waals surface area contributed by atoms with E-state index in [1.807, 2.05) is 0 Å². The number of guanidine groups is 1. The molecule has 9 nitrogen and oxygen atoms in total. The number of non-ortho nitro benzene ring substituents is 1. The first kappa shape index (κ1) is 22.4. The van der Waals surface area contributed by atoms with Gasteiger partial charge < -0.3 is 20.3 Å². The van der Waals surface area contributed by atoms with Crippen molar-refractivity contribution in [3.8, 4) is 0 Å². The first-order valence-electron chi connectivity index (χ1n) is 10.2. The number of carbonyl (C=O) groups excluding carboxylic acids is 1. The highest BCUT2D eigenvalue weighted by atomic mass is 16.6. The highest BCUT2D eigenvalue weighted by Crippen LogP contribution is 2.14. The quantitative estimate of drug-likeness (QED) is 0.312. The molecule has 1 fully saturated rings. The van der Waals surface area contributed by atoms with Gasteiger partial charge in [0.2, 0.25) is 0 Å². The van der Waals surface area contributed by atoms with E-state index in [0.29, 0.717) is 32.2 Å². The third kappa shape index (κ3) is 7.24. The number of aliphatic imine (C=N–C) groups is 1. The van der Waals surface area contributed by atoms with Crippen LogP contribution in [0.1, 0.15) is 45.6 Å². The van der Waals surface area contributed by atoms with Crippen molar-refractivity contribution in [2.45, 2.75) is 58.7 Å². The van der Waals surface area contributed by atoms with Crippen molar-refractivity contribution in [3.05, 3.63) is 39.9 Å². The monoisotopic (exact) mass is 405 g/mol. The highest BCUT2D eigenvalue weighted by Gasteiger charge is 2.24. The molecule has 2 rings (SSSR count). The predicted molar refractivity (Wildman–Crippen MR) is 112 cm³/mol. The van der Waals surface area contributed by atoms with Crippen molar-refractivity contribution in [3.63, 3.8) is 0 Å². The summed E-state index contributed by atoms with van der Waals surface area (Å²) in [6, 6.07) is 6.90. The van der Waals surface area contributed by atoms with E-state index in [0.717, 1.165) is 24.8 Å². The van der Waals surface area contributed by atoms with Crippen LogP contribution in [0.5, 0.6) is 0 Å². The smallest absolute Gasteiger partial charge is 0.409 e. The van der Waals surface area contributed by atoms with E-state index in [1.165, 1.54) is 12.1 Å². The van der Waals surface area contributed by atoms with E-state index in [-0.39, 0.29) is 23.9 Å². The molecule has 1 aromatic carbocycles. The number of nitrogens with zero attached hydrogens (tertiary/aromatic N) is 3. The van der Waals surface area contributed by atoms with Crippen LogP contribution in [0, 0.1) is 10.1 Å². The van der Waals surface area contributed by atoms with Gasteiger partial charge in [0.05, 0.1) is 18.1 Å². The van der Waals surface area contributed by atoms with Crippen LogP contribution in [0.4, 0.5) is 10.5 Å². The first-order chi connectivity index (χ1) is 13.9. The molecule has 1 aromatic rings. The zero-order valence-corrected chi connectivity index (χ0v) is 17.4. The largest absolute Gasteiger partial charge is 0.450 e. The van der Waals surface area contributed by atoms with Crippen LogP contribution >= 0.6 is 0 Å². The average Bonchev–Trinajstić information content (AvgIpc) is 2.72. The van der Waals surface area contributed by atoms with Crippen molar-refractivity contribution in [2.75, 3.05) is 19.7 Å². The van der Waals surface area contributed by atoms with Gasteiger partial charge in [-0.05, 0) is 38.7 Å². The van der Waals surface area contributed by atoms with Crippen LogP contribution in [0.15, 0.2) is 29.3 Å². The SMILES string of the molecule is CCOC(=O)N1CCC(NC(=NCc2ccc([N+](=O)[O-])cc2)NC(C)CC)CC1. The van der Waals surface area contributed by atoms with Crippen LogP contribution in [0.25, 0.3) is 0 Å². The number of hydrogen-bond acceptors (Lipinski definition) is 5. The van der Waals surface area contributed by atoms with E-state index in [2.05, 4.69) is 29.5 Å². The van der Waals surface area contributed by atoms with E-state index < -0.39 is 4.92 Å². The summed E-state index contributed by atoms with van der Waals surface area (Å²) in [7, 11) is 0. The number of amides is 1. The number of hydrogen-bond donors (Lipinski definition) is 2. The zero-order chi connectivity index (χ0) is 21.2. The molecule has 1 amide bonds. The number of rotatable bonds is 7. The van der Waals surface area contributed by atoms with Crippen LogP contribution in [0.3, 0.4) is 0 Å². The fourth-order valence-corrected chi connectivity index (χ4v) is 2.98. The molecule has 0 saturated carbocycles. The zero-order valence-electron chi connectivity index (χ0n) is 17.4. The van der Waals surface area contributed by atoms with Crippen LogP contribution in [-0.2, 0) is 11.3 Å². The molecule has 0 spiro atoms. The van der Waals surface area contributed by atoms with Gasteiger partial charge >= 0.3 is 6.09 Å². The summed E-state index contributed by atoms with van der Waals surface area (Å²) in [5.41, 5.74) is 0.972. The highest BCUT2D eigenvalue weighted by molar-refractivity contribution is 5.80. The van der Waals surface area contributed by atoms with Gasteiger partial charge in [-0.1, -0.05) is 19.1 Å². The summed E-state index contributed by atoms with van der Waals surface area (Å²) in [5, 5.41) is 17.6. The fraction of sp³-hybridized carbons (Fsp3) is 0.600. The van der Waals surface area contributed by atoms with Gasteiger partial charge in [0.1, 0.15) is 0 Å². The molecule has 1 aliphatic rings. The van der Waals surface area contributed by atoms with Crippen molar-refractivity contribution >= 4 is 17.7 Å². The minimum atomic E-state index is -0.410. The molecule has 1 saturated heterocycles. The molecule has 1 aliphatic heterocycles. The van der Waals surface area contributed by atoms with Gasteiger partial charge in [-0.25, -0.2) is 9.79 Å². The minimum absolute atomic E-state index is 0.0715. The van der Waals surface area contributed by atoms with E-state index >= 15 is 0 Å². The van der Waals surface area contributed by atoms with Crippen molar-refractivity contribution in [1.29, 1.82) is 0 Å². The molecule has 0 bridgehead atoms. The lowest BCUT2D eigenvalue weighted by atomic mass is 10.1.